The highest BCUT2D eigenvalue weighted by molar-refractivity contribution is 7.99. The first-order valence-electron chi connectivity index (χ1n) is 5.45. The normalized spacial score (nSPS) is 10.2. The lowest BCUT2D eigenvalue weighted by Crippen LogP contribution is -2.00. The fourth-order valence-corrected chi connectivity index (χ4v) is 2.44. The van der Waals surface area contributed by atoms with Crippen molar-refractivity contribution in [3.05, 3.63) is 53.1 Å². The highest BCUT2D eigenvalue weighted by atomic mass is 35.5. The molecule has 2 aromatic rings. The summed E-state index contributed by atoms with van der Waals surface area (Å²) >= 11 is 7.21. The van der Waals surface area contributed by atoms with E-state index in [0.29, 0.717) is 10.6 Å². The van der Waals surface area contributed by atoms with Crippen molar-refractivity contribution in [3.8, 4) is 5.75 Å². The molecule has 0 radical (unpaired) electrons. The van der Waals surface area contributed by atoms with Gasteiger partial charge in [0.05, 0.1) is 17.7 Å². The fourth-order valence-electron chi connectivity index (χ4n) is 1.47. The van der Waals surface area contributed by atoms with Gasteiger partial charge < -0.3 is 9.84 Å². The second-order valence-electron chi connectivity index (χ2n) is 3.73. The Hall–Kier alpha value is -1.65. The van der Waals surface area contributed by atoms with E-state index in [0.717, 1.165) is 9.79 Å². The van der Waals surface area contributed by atoms with Gasteiger partial charge in [0, 0.05) is 9.79 Å². The second-order valence-corrected chi connectivity index (χ2v) is 5.29. The van der Waals surface area contributed by atoms with Crippen molar-refractivity contribution in [2.24, 2.45) is 0 Å². The van der Waals surface area contributed by atoms with Crippen LogP contribution >= 0.6 is 23.4 Å². The van der Waals surface area contributed by atoms with E-state index in [9.17, 15) is 9.90 Å². The van der Waals surface area contributed by atoms with E-state index in [4.69, 9.17) is 11.6 Å². The zero-order chi connectivity index (χ0) is 13.8. The van der Waals surface area contributed by atoms with Crippen molar-refractivity contribution in [1.29, 1.82) is 0 Å². The number of phenols is 1. The van der Waals surface area contributed by atoms with Crippen LogP contribution in [0.2, 0.25) is 5.02 Å². The van der Waals surface area contributed by atoms with E-state index in [1.165, 1.54) is 18.9 Å². The van der Waals surface area contributed by atoms with E-state index < -0.39 is 0 Å². The minimum absolute atomic E-state index is 0.0536. The number of hydrogen-bond donors (Lipinski definition) is 1. The Balaban J connectivity index is 2.15. The van der Waals surface area contributed by atoms with Crippen LogP contribution in [0.1, 0.15) is 10.4 Å². The van der Waals surface area contributed by atoms with E-state index in [1.807, 2.05) is 18.2 Å². The lowest BCUT2D eigenvalue weighted by Gasteiger charge is -2.04. The van der Waals surface area contributed by atoms with Crippen LogP contribution in [0.4, 0.5) is 0 Å². The molecular formula is C14H11ClO3S. The smallest absolute Gasteiger partial charge is 0.337 e. The van der Waals surface area contributed by atoms with Gasteiger partial charge in [0.25, 0.3) is 0 Å². The second kappa shape index (κ2) is 5.99. The monoisotopic (exact) mass is 294 g/mol. The number of carbonyl (C=O) groups is 1. The van der Waals surface area contributed by atoms with E-state index in [2.05, 4.69) is 4.74 Å². The van der Waals surface area contributed by atoms with Gasteiger partial charge in [-0.25, -0.2) is 4.79 Å². The van der Waals surface area contributed by atoms with Gasteiger partial charge in [-0.15, -0.1) is 0 Å². The molecule has 0 aliphatic heterocycles. The van der Waals surface area contributed by atoms with Crippen molar-refractivity contribution < 1.29 is 14.6 Å². The Morgan fingerprint density at radius 3 is 2.37 bits per heavy atom. The van der Waals surface area contributed by atoms with E-state index in [1.54, 1.807) is 24.3 Å². The summed E-state index contributed by atoms with van der Waals surface area (Å²) in [6.07, 6.45) is 0. The Kier molecular flexibility index (Phi) is 4.35. The van der Waals surface area contributed by atoms with Gasteiger partial charge >= 0.3 is 5.97 Å². The Labute approximate surface area is 120 Å². The molecule has 0 aliphatic carbocycles. The molecule has 0 saturated heterocycles. The molecule has 1 N–H and O–H groups in total. The predicted octanol–water partition coefficient (Wildman–Crippen LogP) is 3.98. The van der Waals surface area contributed by atoms with E-state index in [-0.39, 0.29) is 11.7 Å². The van der Waals surface area contributed by atoms with Crippen LogP contribution in [0, 0.1) is 0 Å². The van der Waals surface area contributed by atoms with Gasteiger partial charge in [0.15, 0.2) is 0 Å². The summed E-state index contributed by atoms with van der Waals surface area (Å²) in [6, 6.07) is 12.1. The first-order valence-corrected chi connectivity index (χ1v) is 6.64. The number of halogens is 1. The molecule has 0 fully saturated rings. The van der Waals surface area contributed by atoms with Gasteiger partial charge in [0.1, 0.15) is 5.75 Å². The van der Waals surface area contributed by atoms with Gasteiger partial charge in [-0.05, 0) is 42.5 Å². The van der Waals surface area contributed by atoms with Crippen LogP contribution in [0.5, 0.6) is 5.75 Å². The third kappa shape index (κ3) is 3.43. The van der Waals surface area contributed by atoms with Crippen molar-refractivity contribution >= 4 is 29.3 Å². The van der Waals surface area contributed by atoms with Gasteiger partial charge in [-0.2, -0.15) is 0 Å². The standard InChI is InChI=1S/C14H11ClO3S/c1-18-14(17)9-2-4-10(5-3-9)19-11-6-7-12(15)13(16)8-11/h2-8,16H,1H3. The lowest BCUT2D eigenvalue weighted by molar-refractivity contribution is 0.0600. The first-order chi connectivity index (χ1) is 9.10. The Bertz CT molecular complexity index is 596. The lowest BCUT2D eigenvalue weighted by atomic mass is 10.2. The Morgan fingerprint density at radius 1 is 1.16 bits per heavy atom. The van der Waals surface area contributed by atoms with Crippen molar-refractivity contribution in [2.75, 3.05) is 7.11 Å². The molecule has 0 aliphatic rings. The maximum Gasteiger partial charge on any atom is 0.337 e. The third-order valence-corrected chi connectivity index (χ3v) is 3.75. The molecule has 0 aromatic heterocycles. The number of aromatic hydroxyl groups is 1. The number of methoxy groups -OCH3 is 1. The highest BCUT2D eigenvalue weighted by Crippen LogP contribution is 2.33. The number of ether oxygens (including phenoxy) is 1. The Morgan fingerprint density at radius 2 is 1.79 bits per heavy atom. The molecule has 19 heavy (non-hydrogen) atoms. The molecule has 0 amide bonds. The fraction of sp³-hybridized carbons (Fsp3) is 0.0714. The number of hydrogen-bond acceptors (Lipinski definition) is 4. The average Bonchev–Trinajstić information content (AvgIpc) is 2.43. The van der Waals surface area contributed by atoms with Gasteiger partial charge in [-0.1, -0.05) is 23.4 Å². The quantitative estimate of drug-likeness (QED) is 0.870. The number of phenolic OH excluding ortho intramolecular Hbond substituents is 1. The summed E-state index contributed by atoms with van der Waals surface area (Å²) in [5.74, 6) is -0.307. The predicted molar refractivity (Wildman–Crippen MR) is 75.0 cm³/mol. The largest absolute Gasteiger partial charge is 0.506 e. The molecule has 0 heterocycles. The highest BCUT2D eigenvalue weighted by Gasteiger charge is 2.06. The summed E-state index contributed by atoms with van der Waals surface area (Å²) in [7, 11) is 1.35. The SMILES string of the molecule is COC(=O)c1ccc(Sc2ccc(Cl)c(O)c2)cc1. The van der Waals surface area contributed by atoms with Crippen LogP contribution in [0.3, 0.4) is 0 Å². The minimum Gasteiger partial charge on any atom is -0.506 e. The molecule has 2 aromatic carbocycles. The van der Waals surface area contributed by atoms with Crippen LogP contribution in [-0.4, -0.2) is 18.2 Å². The summed E-state index contributed by atoms with van der Waals surface area (Å²) in [5.41, 5.74) is 0.505. The maximum absolute atomic E-state index is 11.3. The van der Waals surface area contributed by atoms with Crippen molar-refractivity contribution in [2.45, 2.75) is 9.79 Å². The van der Waals surface area contributed by atoms with E-state index >= 15 is 0 Å². The number of carbonyl (C=O) groups excluding carboxylic acids is 1. The number of benzene rings is 2. The number of esters is 1. The van der Waals surface area contributed by atoms with Crippen LogP contribution in [0.15, 0.2) is 52.3 Å². The minimum atomic E-state index is -0.360. The summed E-state index contributed by atoms with van der Waals surface area (Å²) in [6.45, 7) is 0. The molecule has 98 valence electrons. The van der Waals surface area contributed by atoms with Crippen LogP contribution < -0.4 is 0 Å². The molecule has 0 unspecified atom stereocenters. The molecule has 3 nitrogen and oxygen atoms in total. The molecule has 0 atom stereocenters. The van der Waals surface area contributed by atoms with Gasteiger partial charge in [-0.3, -0.25) is 0 Å². The average molecular weight is 295 g/mol. The van der Waals surface area contributed by atoms with Crippen LogP contribution in [0.25, 0.3) is 0 Å². The zero-order valence-corrected chi connectivity index (χ0v) is 11.7. The zero-order valence-electron chi connectivity index (χ0n) is 10.1. The molecule has 2 rings (SSSR count). The summed E-state index contributed by atoms with van der Waals surface area (Å²) < 4.78 is 4.63. The molecule has 0 spiro atoms. The third-order valence-electron chi connectivity index (χ3n) is 2.43. The van der Waals surface area contributed by atoms with Crippen LogP contribution in [-0.2, 0) is 4.74 Å². The topological polar surface area (TPSA) is 46.5 Å². The van der Waals surface area contributed by atoms with Gasteiger partial charge in [0.2, 0.25) is 0 Å². The van der Waals surface area contributed by atoms with Crippen molar-refractivity contribution in [1.82, 2.24) is 0 Å². The van der Waals surface area contributed by atoms with Crippen molar-refractivity contribution in [3.63, 3.8) is 0 Å². The molecular weight excluding hydrogens is 284 g/mol. The first kappa shape index (κ1) is 13.8. The summed E-state index contributed by atoms with van der Waals surface area (Å²) in [5, 5.41) is 9.84. The molecule has 0 bridgehead atoms. The maximum atomic E-state index is 11.3. The number of rotatable bonds is 3. The summed E-state index contributed by atoms with van der Waals surface area (Å²) in [4.78, 5) is 13.1. The molecule has 5 heteroatoms. The molecule has 0 saturated carbocycles.